The van der Waals surface area contributed by atoms with Gasteiger partial charge in [0.1, 0.15) is 5.54 Å². The minimum absolute atomic E-state index is 0.0909. The molecule has 1 amide bonds. The van der Waals surface area contributed by atoms with E-state index in [0.717, 1.165) is 22.9 Å². The zero-order valence-corrected chi connectivity index (χ0v) is 14.2. The lowest BCUT2D eigenvalue weighted by atomic mass is 9.86. The first-order valence-electron chi connectivity index (χ1n) is 8.57. The van der Waals surface area contributed by atoms with E-state index in [1.54, 1.807) is 12.1 Å². The number of benzene rings is 2. The molecule has 0 radical (unpaired) electrons. The van der Waals surface area contributed by atoms with Crippen molar-refractivity contribution in [3.8, 4) is 0 Å². The van der Waals surface area contributed by atoms with E-state index in [0.29, 0.717) is 18.4 Å². The zero-order chi connectivity index (χ0) is 17.4. The van der Waals surface area contributed by atoms with Crippen molar-refractivity contribution in [1.29, 1.82) is 0 Å². The number of nitrogens with zero attached hydrogens (tertiary/aromatic N) is 1. The van der Waals surface area contributed by atoms with Gasteiger partial charge in [0.2, 0.25) is 0 Å². The number of hydrogen-bond donors (Lipinski definition) is 1. The van der Waals surface area contributed by atoms with Crippen molar-refractivity contribution in [2.24, 2.45) is 7.05 Å². The van der Waals surface area contributed by atoms with Crippen LogP contribution >= 0.6 is 0 Å². The predicted octanol–water partition coefficient (Wildman–Crippen LogP) is 3.56. The molecule has 4 rings (SSSR count). The summed E-state index contributed by atoms with van der Waals surface area (Å²) >= 11 is 0. The molecule has 0 aliphatic heterocycles. The highest BCUT2D eigenvalue weighted by molar-refractivity contribution is 6.03. The summed E-state index contributed by atoms with van der Waals surface area (Å²) in [4.78, 5) is 25.7. The summed E-state index contributed by atoms with van der Waals surface area (Å²) in [5.74, 6) is -0.114. The van der Waals surface area contributed by atoms with E-state index < -0.39 is 5.54 Å². The van der Waals surface area contributed by atoms with Crippen LogP contribution in [0.2, 0.25) is 0 Å². The van der Waals surface area contributed by atoms with Crippen molar-refractivity contribution < 1.29 is 9.59 Å². The maximum absolute atomic E-state index is 12.9. The van der Waals surface area contributed by atoms with Crippen molar-refractivity contribution in [2.45, 2.75) is 24.8 Å². The van der Waals surface area contributed by atoms with Crippen LogP contribution in [0.25, 0.3) is 10.9 Å². The molecule has 1 aromatic heterocycles. The fourth-order valence-corrected chi connectivity index (χ4v) is 3.89. The summed E-state index contributed by atoms with van der Waals surface area (Å²) in [5, 5.41) is 4.10. The highest BCUT2D eigenvalue weighted by Crippen LogP contribution is 2.40. The average molecular weight is 332 g/mol. The lowest BCUT2D eigenvalue weighted by Crippen LogP contribution is -2.49. The summed E-state index contributed by atoms with van der Waals surface area (Å²) < 4.78 is 2.02. The lowest BCUT2D eigenvalue weighted by Gasteiger charge is -2.29. The van der Waals surface area contributed by atoms with E-state index in [9.17, 15) is 9.59 Å². The molecule has 0 bridgehead atoms. The smallest absolute Gasteiger partial charge is 0.252 e. The van der Waals surface area contributed by atoms with E-state index in [1.807, 2.05) is 60.3 Å². The molecule has 0 saturated heterocycles. The van der Waals surface area contributed by atoms with Crippen molar-refractivity contribution in [3.05, 3.63) is 71.9 Å². The quantitative estimate of drug-likeness (QED) is 0.797. The molecule has 126 valence electrons. The molecule has 0 spiro atoms. The van der Waals surface area contributed by atoms with E-state index in [1.165, 1.54) is 0 Å². The van der Waals surface area contributed by atoms with Crippen LogP contribution in [0.1, 0.15) is 35.2 Å². The van der Waals surface area contributed by atoms with Crippen molar-refractivity contribution in [1.82, 2.24) is 9.88 Å². The van der Waals surface area contributed by atoms with Gasteiger partial charge in [-0.2, -0.15) is 0 Å². The Bertz CT molecular complexity index is 958. The second-order valence-corrected chi connectivity index (χ2v) is 6.67. The maximum Gasteiger partial charge on any atom is 0.252 e. The number of nitrogens with one attached hydrogen (secondary N) is 1. The number of rotatable bonds is 3. The number of aryl methyl sites for hydroxylation is 1. The molecule has 1 aliphatic rings. The van der Waals surface area contributed by atoms with Crippen LogP contribution in [0.15, 0.2) is 60.8 Å². The fraction of sp³-hybridized carbons (Fsp3) is 0.238. The molecule has 4 heteroatoms. The van der Waals surface area contributed by atoms with Gasteiger partial charge in [0, 0.05) is 41.7 Å². The first-order chi connectivity index (χ1) is 12.1. The lowest BCUT2D eigenvalue weighted by molar-refractivity contribution is -0.123. The number of carbonyl (C=O) groups excluding carboxylic acids is 2. The molecule has 1 fully saturated rings. The van der Waals surface area contributed by atoms with Gasteiger partial charge in [0.25, 0.3) is 5.91 Å². The van der Waals surface area contributed by atoms with Gasteiger partial charge in [0.05, 0.1) is 0 Å². The van der Waals surface area contributed by atoms with Gasteiger partial charge in [-0.3, -0.25) is 9.59 Å². The third-order valence-electron chi connectivity index (χ3n) is 5.15. The highest BCUT2D eigenvalue weighted by atomic mass is 16.2. The summed E-state index contributed by atoms with van der Waals surface area (Å²) in [6.07, 6.45) is 3.91. The number of para-hydroxylation sites is 1. The third kappa shape index (κ3) is 2.45. The van der Waals surface area contributed by atoms with Gasteiger partial charge < -0.3 is 9.88 Å². The van der Waals surface area contributed by atoms with Gasteiger partial charge >= 0.3 is 0 Å². The number of fused-ring (bicyclic) bond motifs is 1. The minimum atomic E-state index is -0.937. The van der Waals surface area contributed by atoms with Crippen molar-refractivity contribution in [2.75, 3.05) is 0 Å². The zero-order valence-electron chi connectivity index (χ0n) is 14.2. The van der Waals surface area contributed by atoms with Gasteiger partial charge in [-0.25, -0.2) is 0 Å². The summed E-state index contributed by atoms with van der Waals surface area (Å²) in [6.45, 7) is 0. The molecule has 1 aliphatic carbocycles. The standard InChI is InChI=1S/C21H20N2O2/c1-23-14-17(16-10-5-6-11-18(16)23)21(13-7-12-19(21)24)22-20(25)15-8-3-2-4-9-15/h2-6,8-11,14H,7,12-13H2,1H3,(H,22,25). The molecule has 1 N–H and O–H groups in total. The summed E-state index contributed by atoms with van der Waals surface area (Å²) in [5.41, 5.74) is 1.60. The minimum Gasteiger partial charge on any atom is -0.350 e. The Morgan fingerprint density at radius 3 is 2.52 bits per heavy atom. The Labute approximate surface area is 146 Å². The Hall–Kier alpha value is -2.88. The maximum atomic E-state index is 12.9. The Balaban J connectivity index is 1.83. The Kier molecular flexibility index (Phi) is 3.68. The monoisotopic (exact) mass is 332 g/mol. The number of carbonyl (C=O) groups is 2. The van der Waals surface area contributed by atoms with Gasteiger partial charge in [-0.1, -0.05) is 36.4 Å². The van der Waals surface area contributed by atoms with Crippen LogP contribution in [-0.4, -0.2) is 16.3 Å². The van der Waals surface area contributed by atoms with Crippen LogP contribution < -0.4 is 5.32 Å². The first-order valence-corrected chi connectivity index (χ1v) is 8.57. The molecule has 1 saturated carbocycles. The molecule has 2 aromatic carbocycles. The van der Waals surface area contributed by atoms with Crippen LogP contribution in [0.4, 0.5) is 0 Å². The molecular formula is C21H20N2O2. The Morgan fingerprint density at radius 2 is 1.80 bits per heavy atom. The van der Waals surface area contributed by atoms with Crippen molar-refractivity contribution >= 4 is 22.6 Å². The van der Waals surface area contributed by atoms with Crippen LogP contribution in [0, 0.1) is 0 Å². The molecule has 1 atom stereocenters. The van der Waals surface area contributed by atoms with Gasteiger partial charge in [-0.05, 0) is 31.0 Å². The molecule has 1 unspecified atom stereocenters. The molecule has 4 nitrogen and oxygen atoms in total. The largest absolute Gasteiger partial charge is 0.350 e. The first kappa shape index (κ1) is 15.6. The van der Waals surface area contributed by atoms with Gasteiger partial charge in [-0.15, -0.1) is 0 Å². The number of amides is 1. The number of Topliss-reactive ketones (excluding diaryl/α,β-unsaturated/α-hetero) is 1. The van der Waals surface area contributed by atoms with Crippen LogP contribution in [0.5, 0.6) is 0 Å². The normalized spacial score (nSPS) is 20.1. The Morgan fingerprint density at radius 1 is 1.08 bits per heavy atom. The number of ketones is 1. The topological polar surface area (TPSA) is 51.1 Å². The average Bonchev–Trinajstić information content (AvgIpc) is 3.17. The number of aromatic nitrogens is 1. The highest BCUT2D eigenvalue weighted by Gasteiger charge is 2.46. The molecule has 1 heterocycles. The van der Waals surface area contributed by atoms with Gasteiger partial charge in [0.15, 0.2) is 5.78 Å². The number of hydrogen-bond acceptors (Lipinski definition) is 2. The molecule has 25 heavy (non-hydrogen) atoms. The van der Waals surface area contributed by atoms with Crippen LogP contribution in [0.3, 0.4) is 0 Å². The van der Waals surface area contributed by atoms with E-state index in [-0.39, 0.29) is 11.7 Å². The van der Waals surface area contributed by atoms with E-state index in [2.05, 4.69) is 5.32 Å². The molecular weight excluding hydrogens is 312 g/mol. The second-order valence-electron chi connectivity index (χ2n) is 6.67. The summed E-state index contributed by atoms with van der Waals surface area (Å²) in [7, 11) is 1.97. The van der Waals surface area contributed by atoms with Crippen molar-refractivity contribution in [3.63, 3.8) is 0 Å². The predicted molar refractivity (Wildman–Crippen MR) is 97.4 cm³/mol. The van der Waals surface area contributed by atoms with Crippen LogP contribution in [-0.2, 0) is 17.4 Å². The van der Waals surface area contributed by atoms with E-state index >= 15 is 0 Å². The second kappa shape index (κ2) is 5.88. The third-order valence-corrected chi connectivity index (χ3v) is 5.15. The fourth-order valence-electron chi connectivity index (χ4n) is 3.89. The SMILES string of the molecule is Cn1cc(C2(NC(=O)c3ccccc3)CCCC2=O)c2ccccc21. The van der Waals surface area contributed by atoms with E-state index in [4.69, 9.17) is 0 Å². The molecule has 3 aromatic rings. The summed E-state index contributed by atoms with van der Waals surface area (Å²) in [6, 6.07) is 17.1.